The van der Waals surface area contributed by atoms with Crippen molar-refractivity contribution in [3.8, 4) is 0 Å². The molecule has 0 amide bonds. The van der Waals surface area contributed by atoms with Gasteiger partial charge in [0.2, 0.25) is 0 Å². The highest BCUT2D eigenvalue weighted by molar-refractivity contribution is 9.09. The summed E-state index contributed by atoms with van der Waals surface area (Å²) in [7, 11) is 0. The van der Waals surface area contributed by atoms with Crippen molar-refractivity contribution in [2.45, 2.75) is 38.9 Å². The van der Waals surface area contributed by atoms with E-state index in [1.807, 2.05) is 0 Å². The Balaban J connectivity index is 2.12. The van der Waals surface area contributed by atoms with Crippen LogP contribution in [0.1, 0.15) is 33.3 Å². The smallest absolute Gasteiger partial charge is 0.129 e. The molecule has 0 radical (unpaired) electrons. The van der Waals surface area contributed by atoms with Crippen LogP contribution in [-0.4, -0.2) is 4.83 Å². The normalized spacial score (nSPS) is 22.8. The summed E-state index contributed by atoms with van der Waals surface area (Å²) in [4.78, 5) is 0.225. The summed E-state index contributed by atoms with van der Waals surface area (Å²) in [6.07, 6.45) is 0.601. The lowest BCUT2D eigenvalue weighted by Gasteiger charge is -2.12. The molecule has 0 saturated heterocycles. The van der Waals surface area contributed by atoms with Gasteiger partial charge in [0.05, 0.1) is 0 Å². The second kappa shape index (κ2) is 4.29. The van der Waals surface area contributed by atoms with E-state index in [1.165, 1.54) is 6.07 Å². The zero-order valence-corrected chi connectivity index (χ0v) is 12.8. The van der Waals surface area contributed by atoms with E-state index in [0.717, 1.165) is 6.07 Å². The van der Waals surface area contributed by atoms with E-state index in [2.05, 4.69) is 43.6 Å². The fourth-order valence-electron chi connectivity index (χ4n) is 3.17. The number of rotatable bonds is 3. The third-order valence-corrected chi connectivity index (χ3v) is 5.78. The van der Waals surface area contributed by atoms with Crippen molar-refractivity contribution in [1.29, 1.82) is 0 Å². The molecule has 0 N–H and O–H groups in total. The van der Waals surface area contributed by atoms with Crippen LogP contribution in [0.15, 0.2) is 18.2 Å². The maximum Gasteiger partial charge on any atom is 0.129 e. The van der Waals surface area contributed by atoms with Crippen molar-refractivity contribution in [2.75, 3.05) is 0 Å². The highest BCUT2D eigenvalue weighted by atomic mass is 79.9. The SMILES string of the molecule is CC1(C)C(C(Br)Cc2ccc(F)cc2F)C1(C)C. The van der Waals surface area contributed by atoms with Crippen molar-refractivity contribution < 1.29 is 8.78 Å². The van der Waals surface area contributed by atoms with E-state index in [1.54, 1.807) is 6.07 Å². The summed E-state index contributed by atoms with van der Waals surface area (Å²) in [5.41, 5.74) is 1.10. The largest absolute Gasteiger partial charge is 0.207 e. The lowest BCUT2D eigenvalue weighted by Crippen LogP contribution is -2.11. The molecular weight excluding hydrogens is 298 g/mol. The van der Waals surface area contributed by atoms with Gasteiger partial charge in [-0.05, 0) is 34.8 Å². The monoisotopic (exact) mass is 316 g/mol. The summed E-state index contributed by atoms with van der Waals surface area (Å²) >= 11 is 3.68. The topological polar surface area (TPSA) is 0 Å². The molecule has 3 heteroatoms. The van der Waals surface area contributed by atoms with Gasteiger partial charge in [-0.25, -0.2) is 8.78 Å². The van der Waals surface area contributed by atoms with Gasteiger partial charge in [0.1, 0.15) is 11.6 Å². The first-order valence-electron chi connectivity index (χ1n) is 6.26. The lowest BCUT2D eigenvalue weighted by molar-refractivity contribution is 0.457. The Kier molecular flexibility index (Phi) is 3.33. The van der Waals surface area contributed by atoms with Gasteiger partial charge in [-0.1, -0.05) is 49.7 Å². The molecule has 0 nitrogen and oxygen atoms in total. The molecule has 0 aliphatic heterocycles. The predicted molar refractivity (Wildman–Crippen MR) is 73.8 cm³/mol. The summed E-state index contributed by atoms with van der Waals surface area (Å²) in [5, 5.41) is 0. The minimum atomic E-state index is -0.519. The van der Waals surface area contributed by atoms with E-state index in [0.29, 0.717) is 17.9 Å². The minimum absolute atomic E-state index is 0.225. The quantitative estimate of drug-likeness (QED) is 0.692. The number of benzene rings is 1. The van der Waals surface area contributed by atoms with Gasteiger partial charge in [-0.15, -0.1) is 0 Å². The highest BCUT2D eigenvalue weighted by Gasteiger charge is 2.66. The maximum absolute atomic E-state index is 13.6. The predicted octanol–water partition coefficient (Wildman–Crippen LogP) is 4.95. The van der Waals surface area contributed by atoms with Crippen LogP contribution in [0.5, 0.6) is 0 Å². The molecule has 1 saturated carbocycles. The molecule has 0 heterocycles. The van der Waals surface area contributed by atoms with E-state index in [-0.39, 0.29) is 15.7 Å². The van der Waals surface area contributed by atoms with E-state index < -0.39 is 11.6 Å². The first-order chi connectivity index (χ1) is 8.18. The fraction of sp³-hybridized carbons (Fsp3) is 0.600. The van der Waals surface area contributed by atoms with Gasteiger partial charge >= 0.3 is 0 Å². The van der Waals surface area contributed by atoms with Crippen molar-refractivity contribution in [3.63, 3.8) is 0 Å². The van der Waals surface area contributed by atoms with Crippen LogP contribution in [0.2, 0.25) is 0 Å². The maximum atomic E-state index is 13.6. The summed E-state index contributed by atoms with van der Waals surface area (Å²) in [6.45, 7) is 8.97. The lowest BCUT2D eigenvalue weighted by atomic mass is 10.0. The van der Waals surface area contributed by atoms with Gasteiger partial charge in [0, 0.05) is 10.9 Å². The van der Waals surface area contributed by atoms with Gasteiger partial charge < -0.3 is 0 Å². The second-order valence-electron chi connectivity index (χ2n) is 6.38. The third kappa shape index (κ3) is 2.11. The molecule has 0 aromatic heterocycles. The number of halogens is 3. The Morgan fingerprint density at radius 2 is 1.72 bits per heavy atom. The molecule has 1 fully saturated rings. The Morgan fingerprint density at radius 1 is 1.17 bits per heavy atom. The van der Waals surface area contributed by atoms with Crippen LogP contribution in [0, 0.1) is 28.4 Å². The van der Waals surface area contributed by atoms with Crippen molar-refractivity contribution in [2.24, 2.45) is 16.7 Å². The standard InChI is InChI=1S/C15H19BrF2/c1-14(2)13(15(14,3)4)11(16)7-9-5-6-10(17)8-12(9)18/h5-6,8,11,13H,7H2,1-4H3. The minimum Gasteiger partial charge on any atom is -0.207 e. The second-order valence-corrected chi connectivity index (χ2v) is 7.55. The zero-order valence-electron chi connectivity index (χ0n) is 11.2. The van der Waals surface area contributed by atoms with Crippen molar-refractivity contribution in [3.05, 3.63) is 35.4 Å². The van der Waals surface area contributed by atoms with Crippen molar-refractivity contribution in [1.82, 2.24) is 0 Å². The fourth-order valence-corrected chi connectivity index (χ4v) is 4.84. The molecule has 2 rings (SSSR count). The average Bonchev–Trinajstić information content (AvgIpc) is 2.62. The van der Waals surface area contributed by atoms with Gasteiger partial charge in [-0.3, -0.25) is 0 Å². The molecule has 0 spiro atoms. The first-order valence-corrected chi connectivity index (χ1v) is 7.17. The number of alkyl halides is 1. The molecule has 1 aliphatic carbocycles. The van der Waals surface area contributed by atoms with Crippen LogP contribution in [0.4, 0.5) is 8.78 Å². The third-order valence-electron chi connectivity index (χ3n) is 4.92. The Bertz CT molecular complexity index is 452. The van der Waals surface area contributed by atoms with Crippen LogP contribution in [0.3, 0.4) is 0 Å². The number of hydrogen-bond acceptors (Lipinski definition) is 0. The molecule has 1 atom stereocenters. The Morgan fingerprint density at radius 3 is 2.17 bits per heavy atom. The van der Waals surface area contributed by atoms with Crippen LogP contribution in [-0.2, 0) is 6.42 Å². The molecule has 1 aliphatic rings. The molecule has 100 valence electrons. The molecule has 18 heavy (non-hydrogen) atoms. The van der Waals surface area contributed by atoms with E-state index in [4.69, 9.17) is 0 Å². The molecule has 0 bridgehead atoms. The molecule has 1 aromatic rings. The van der Waals surface area contributed by atoms with Crippen LogP contribution in [0.25, 0.3) is 0 Å². The average molecular weight is 317 g/mol. The van der Waals surface area contributed by atoms with Crippen molar-refractivity contribution >= 4 is 15.9 Å². The molecule has 1 unspecified atom stereocenters. The summed E-state index contributed by atoms with van der Waals surface area (Å²) in [6, 6.07) is 3.82. The van der Waals surface area contributed by atoms with E-state index >= 15 is 0 Å². The Labute approximate surface area is 116 Å². The summed E-state index contributed by atoms with van der Waals surface area (Å²) < 4.78 is 26.5. The zero-order chi connectivity index (χ0) is 13.7. The molecular formula is C15H19BrF2. The van der Waals surface area contributed by atoms with Gasteiger partial charge in [0.25, 0.3) is 0 Å². The molecule has 1 aromatic carbocycles. The first kappa shape index (κ1) is 14.0. The highest BCUT2D eigenvalue weighted by Crippen LogP contribution is 2.71. The summed E-state index contributed by atoms with van der Waals surface area (Å²) in [5.74, 6) is -0.459. The van der Waals surface area contributed by atoms with Crippen LogP contribution < -0.4 is 0 Å². The van der Waals surface area contributed by atoms with Gasteiger partial charge in [-0.2, -0.15) is 0 Å². The Hall–Kier alpha value is -0.440. The van der Waals surface area contributed by atoms with E-state index in [9.17, 15) is 8.78 Å². The van der Waals surface area contributed by atoms with Crippen LogP contribution >= 0.6 is 15.9 Å². The van der Waals surface area contributed by atoms with Gasteiger partial charge in [0.15, 0.2) is 0 Å². The number of hydrogen-bond donors (Lipinski definition) is 0.